The number of halogens is 5. The summed E-state index contributed by atoms with van der Waals surface area (Å²) in [5.74, 6) is -6.18. The zero-order valence-electron chi connectivity index (χ0n) is 15.2. The Balaban J connectivity index is 1.52. The summed E-state index contributed by atoms with van der Waals surface area (Å²) >= 11 is 0. The van der Waals surface area contributed by atoms with Crippen molar-refractivity contribution in [2.75, 3.05) is 18.4 Å². The van der Waals surface area contributed by atoms with Crippen LogP contribution in [0.1, 0.15) is 28.9 Å². The molecule has 9 heteroatoms. The Labute approximate surface area is 162 Å². The molecule has 0 spiro atoms. The van der Waals surface area contributed by atoms with E-state index in [4.69, 9.17) is 0 Å². The van der Waals surface area contributed by atoms with E-state index in [0.717, 1.165) is 18.2 Å². The maximum atomic E-state index is 14.5. The smallest absolute Gasteiger partial charge is 0.272 e. The number of nitrogens with zero attached hydrogens (tertiary/aromatic N) is 1. The van der Waals surface area contributed by atoms with Gasteiger partial charge in [-0.3, -0.25) is 9.69 Å². The summed E-state index contributed by atoms with van der Waals surface area (Å²) in [5.41, 5.74) is 0.719. The molecule has 0 saturated carbocycles. The van der Waals surface area contributed by atoms with E-state index >= 15 is 0 Å². The molecule has 1 saturated heterocycles. The van der Waals surface area contributed by atoms with Crippen LogP contribution in [0.3, 0.4) is 0 Å². The predicted octanol–water partition coefficient (Wildman–Crippen LogP) is 4.85. The number of likely N-dealkylation sites (tertiary alicyclic amines) is 1. The van der Waals surface area contributed by atoms with Crippen LogP contribution < -0.4 is 5.32 Å². The summed E-state index contributed by atoms with van der Waals surface area (Å²) in [5, 5.41) is 2.79. The van der Waals surface area contributed by atoms with Crippen LogP contribution >= 0.6 is 0 Å². The van der Waals surface area contributed by atoms with Crippen LogP contribution in [0.5, 0.6) is 0 Å². The maximum absolute atomic E-state index is 14.5. The molecule has 3 aromatic rings. The van der Waals surface area contributed by atoms with Gasteiger partial charge in [-0.25, -0.2) is 22.0 Å². The van der Waals surface area contributed by atoms with Gasteiger partial charge in [0, 0.05) is 34.8 Å². The number of fused-ring (bicyclic) bond motifs is 1. The van der Waals surface area contributed by atoms with Crippen molar-refractivity contribution in [2.24, 2.45) is 0 Å². The normalized spacial score (nSPS) is 17.2. The van der Waals surface area contributed by atoms with Crippen molar-refractivity contribution in [1.82, 2.24) is 9.88 Å². The van der Waals surface area contributed by atoms with Gasteiger partial charge >= 0.3 is 0 Å². The molecule has 2 heterocycles. The lowest BCUT2D eigenvalue weighted by atomic mass is 9.99. The molecule has 0 bridgehead atoms. The average Bonchev–Trinajstić information content (AvgIpc) is 3.01. The van der Waals surface area contributed by atoms with Crippen molar-refractivity contribution in [3.8, 4) is 0 Å². The molecule has 2 N–H and O–H groups in total. The third kappa shape index (κ3) is 3.57. The molecule has 29 heavy (non-hydrogen) atoms. The molecule has 1 aromatic heterocycles. The van der Waals surface area contributed by atoms with E-state index < -0.39 is 48.4 Å². The van der Waals surface area contributed by atoms with E-state index in [0.29, 0.717) is 5.52 Å². The van der Waals surface area contributed by atoms with E-state index in [9.17, 15) is 26.7 Å². The fourth-order valence-electron chi connectivity index (χ4n) is 3.44. The number of hydrogen-bond donors (Lipinski definition) is 2. The number of nitrogens with one attached hydrogen (secondary N) is 2. The van der Waals surface area contributed by atoms with E-state index in [-0.39, 0.29) is 22.2 Å². The summed E-state index contributed by atoms with van der Waals surface area (Å²) in [6.45, 7) is 0.744. The Bertz CT molecular complexity index is 1100. The molecular weight excluding hydrogens is 393 g/mol. The van der Waals surface area contributed by atoms with Gasteiger partial charge in [0.1, 0.15) is 5.82 Å². The van der Waals surface area contributed by atoms with Gasteiger partial charge in [-0.1, -0.05) is 6.07 Å². The molecular formula is C20H16F5N3O. The first-order valence-electron chi connectivity index (χ1n) is 8.83. The zero-order chi connectivity index (χ0) is 20.9. The molecule has 1 aliphatic rings. The fraction of sp³-hybridized carbons (Fsp3) is 0.250. The first kappa shape index (κ1) is 19.4. The number of anilines is 1. The minimum absolute atomic E-state index is 0.00400. The molecule has 0 aliphatic carbocycles. The Morgan fingerprint density at radius 2 is 1.79 bits per heavy atom. The van der Waals surface area contributed by atoms with Crippen LogP contribution in [0.2, 0.25) is 0 Å². The number of hydrogen-bond acceptors (Lipinski definition) is 2. The van der Waals surface area contributed by atoms with Crippen LogP contribution in [0.4, 0.5) is 27.6 Å². The number of carbonyl (C=O) groups is 1. The van der Waals surface area contributed by atoms with Crippen molar-refractivity contribution in [3.63, 3.8) is 0 Å². The minimum atomic E-state index is -2.76. The van der Waals surface area contributed by atoms with Crippen LogP contribution in [0.15, 0.2) is 36.5 Å². The average molecular weight is 409 g/mol. The first-order valence-corrected chi connectivity index (χ1v) is 8.83. The molecule has 4 rings (SSSR count). The quantitative estimate of drug-likeness (QED) is 0.606. The lowest BCUT2D eigenvalue weighted by Crippen LogP contribution is -2.56. The van der Waals surface area contributed by atoms with Gasteiger partial charge in [0.05, 0.1) is 24.3 Å². The lowest BCUT2D eigenvalue weighted by Gasteiger charge is -2.42. The third-order valence-corrected chi connectivity index (χ3v) is 5.10. The van der Waals surface area contributed by atoms with Crippen LogP contribution in [0, 0.1) is 17.5 Å². The van der Waals surface area contributed by atoms with Crippen LogP contribution in [0.25, 0.3) is 10.9 Å². The molecule has 0 radical (unpaired) electrons. The highest BCUT2D eigenvalue weighted by Gasteiger charge is 2.46. The SMILES string of the molecule is C[C@@H](c1ccc(C(=O)Nc2c[nH]c3cc(F)c(F)cc23)cc1F)N1CC(F)(F)C1. The number of aromatic amines is 1. The first-order chi connectivity index (χ1) is 13.6. The second-order valence-electron chi connectivity index (χ2n) is 7.14. The molecule has 4 nitrogen and oxygen atoms in total. The molecule has 1 amide bonds. The van der Waals surface area contributed by atoms with Gasteiger partial charge < -0.3 is 10.3 Å². The summed E-state index contributed by atoms with van der Waals surface area (Å²) in [6.07, 6.45) is 1.37. The van der Waals surface area contributed by atoms with Gasteiger partial charge in [-0.15, -0.1) is 0 Å². The van der Waals surface area contributed by atoms with Crippen molar-refractivity contribution in [3.05, 3.63) is 65.1 Å². The Morgan fingerprint density at radius 3 is 2.45 bits per heavy atom. The van der Waals surface area contributed by atoms with E-state index in [1.54, 1.807) is 6.92 Å². The number of alkyl halides is 2. The lowest BCUT2D eigenvalue weighted by molar-refractivity contribution is -0.144. The summed E-state index contributed by atoms with van der Waals surface area (Å²) in [6, 6.07) is 5.15. The number of H-pyrrole nitrogens is 1. The standard InChI is InChI=1S/C20H16F5N3O/c1-10(28-8-20(24,25)9-28)12-3-2-11(4-14(12)21)19(29)27-18-7-26-17-6-16(23)15(22)5-13(17)18/h2-7,10,26H,8-9H2,1H3,(H,27,29)/t10-/m0/s1. The highest BCUT2D eigenvalue weighted by molar-refractivity contribution is 6.09. The second-order valence-corrected chi connectivity index (χ2v) is 7.14. The molecule has 0 unspecified atom stereocenters. The number of benzene rings is 2. The second kappa shape index (κ2) is 6.84. The van der Waals surface area contributed by atoms with Crippen LogP contribution in [-0.4, -0.2) is 34.8 Å². The van der Waals surface area contributed by atoms with E-state index in [1.807, 2.05) is 0 Å². The van der Waals surface area contributed by atoms with Crippen molar-refractivity contribution >= 4 is 22.5 Å². The highest BCUT2D eigenvalue weighted by atomic mass is 19.3. The van der Waals surface area contributed by atoms with Gasteiger partial charge in [-0.2, -0.15) is 0 Å². The molecule has 2 aromatic carbocycles. The van der Waals surface area contributed by atoms with Gasteiger partial charge in [0.15, 0.2) is 11.6 Å². The van der Waals surface area contributed by atoms with Crippen molar-refractivity contribution in [1.29, 1.82) is 0 Å². The largest absolute Gasteiger partial charge is 0.359 e. The van der Waals surface area contributed by atoms with E-state index in [1.165, 1.54) is 23.2 Å². The molecule has 1 atom stereocenters. The molecule has 152 valence electrons. The number of carbonyl (C=O) groups excluding carboxylic acids is 1. The van der Waals surface area contributed by atoms with Crippen molar-refractivity contribution < 1.29 is 26.7 Å². The fourth-order valence-corrected chi connectivity index (χ4v) is 3.44. The van der Waals surface area contributed by atoms with Gasteiger partial charge in [0.25, 0.3) is 11.8 Å². The molecule has 1 fully saturated rings. The highest BCUT2D eigenvalue weighted by Crippen LogP contribution is 2.35. The van der Waals surface area contributed by atoms with Gasteiger partial charge in [-0.05, 0) is 25.1 Å². The summed E-state index contributed by atoms with van der Waals surface area (Å²) < 4.78 is 67.4. The summed E-state index contributed by atoms with van der Waals surface area (Å²) in [4.78, 5) is 16.6. The maximum Gasteiger partial charge on any atom is 0.272 e. The zero-order valence-corrected chi connectivity index (χ0v) is 15.2. The Hall–Kier alpha value is -2.94. The molecule has 1 aliphatic heterocycles. The van der Waals surface area contributed by atoms with Crippen molar-refractivity contribution in [2.45, 2.75) is 18.9 Å². The summed E-state index contributed by atoms with van der Waals surface area (Å²) in [7, 11) is 0. The monoisotopic (exact) mass is 409 g/mol. The third-order valence-electron chi connectivity index (χ3n) is 5.10. The Kier molecular flexibility index (Phi) is 4.57. The minimum Gasteiger partial charge on any atom is -0.359 e. The number of rotatable bonds is 4. The number of amides is 1. The van der Waals surface area contributed by atoms with E-state index in [2.05, 4.69) is 10.3 Å². The van der Waals surface area contributed by atoms with Crippen LogP contribution in [-0.2, 0) is 0 Å². The predicted molar refractivity (Wildman–Crippen MR) is 97.5 cm³/mol. The number of aromatic nitrogens is 1. The topological polar surface area (TPSA) is 48.1 Å². The Morgan fingerprint density at radius 1 is 1.10 bits per heavy atom. The van der Waals surface area contributed by atoms with Gasteiger partial charge in [0.2, 0.25) is 0 Å².